The van der Waals surface area contributed by atoms with E-state index in [1.54, 1.807) is 5.30 Å². The molecule has 2 fully saturated rings. The van der Waals surface area contributed by atoms with Crippen molar-refractivity contribution in [2.45, 2.75) is 107 Å². The Morgan fingerprint density at radius 2 is 1.29 bits per heavy atom. The predicted molar refractivity (Wildman–Crippen MR) is 151 cm³/mol. The molecular formula is C30H44NOPS. The minimum atomic E-state index is -1.10. The SMILES string of the molecule is CN([C@@H](c1ccccc1)c1ccccc1P(C1CCCCC1)C1CCCCC1)S(=O)C(C)(C)C. The smallest absolute Gasteiger partial charge is 0.100 e. The Balaban J connectivity index is 1.82. The molecule has 2 aliphatic carbocycles. The molecule has 0 amide bonds. The zero-order valence-electron chi connectivity index (χ0n) is 21.7. The lowest BCUT2D eigenvalue weighted by Gasteiger charge is -2.41. The molecule has 4 heteroatoms. The second-order valence-corrected chi connectivity index (χ2v) is 16.3. The molecule has 2 saturated carbocycles. The third kappa shape index (κ3) is 6.03. The molecule has 2 aromatic carbocycles. The first-order valence-electron chi connectivity index (χ1n) is 13.4. The molecule has 0 aromatic heterocycles. The minimum absolute atomic E-state index is 0.00893. The lowest BCUT2D eigenvalue weighted by Crippen LogP contribution is -2.39. The van der Waals surface area contributed by atoms with Crippen molar-refractivity contribution in [3.63, 3.8) is 0 Å². The van der Waals surface area contributed by atoms with Crippen LogP contribution in [0.25, 0.3) is 0 Å². The van der Waals surface area contributed by atoms with Crippen LogP contribution in [0.2, 0.25) is 0 Å². The van der Waals surface area contributed by atoms with E-state index in [2.05, 4.69) is 86.7 Å². The first kappa shape index (κ1) is 26.1. The van der Waals surface area contributed by atoms with Gasteiger partial charge in [0.05, 0.1) is 10.8 Å². The van der Waals surface area contributed by atoms with Gasteiger partial charge in [0.25, 0.3) is 0 Å². The quantitative estimate of drug-likeness (QED) is 0.356. The van der Waals surface area contributed by atoms with Gasteiger partial charge in [0.15, 0.2) is 0 Å². The topological polar surface area (TPSA) is 20.3 Å². The molecule has 0 radical (unpaired) electrons. The van der Waals surface area contributed by atoms with Gasteiger partial charge in [-0.05, 0) is 74.2 Å². The summed E-state index contributed by atoms with van der Waals surface area (Å²) in [6, 6.07) is 20.1. The van der Waals surface area contributed by atoms with Crippen LogP contribution in [-0.2, 0) is 11.0 Å². The molecule has 0 spiro atoms. The Morgan fingerprint density at radius 1 is 0.794 bits per heavy atom. The zero-order chi connectivity index (χ0) is 24.1. The first-order chi connectivity index (χ1) is 16.4. The average molecular weight is 498 g/mol. The van der Waals surface area contributed by atoms with E-state index in [9.17, 15) is 4.21 Å². The number of benzene rings is 2. The molecule has 34 heavy (non-hydrogen) atoms. The number of rotatable bonds is 7. The highest BCUT2D eigenvalue weighted by Gasteiger charge is 2.37. The summed E-state index contributed by atoms with van der Waals surface area (Å²) in [7, 11) is 0.732. The van der Waals surface area contributed by atoms with Crippen molar-refractivity contribution in [2.75, 3.05) is 7.05 Å². The number of hydrogen-bond acceptors (Lipinski definition) is 1. The molecular weight excluding hydrogens is 453 g/mol. The molecule has 0 aliphatic heterocycles. The maximum atomic E-state index is 13.7. The Morgan fingerprint density at radius 3 is 1.82 bits per heavy atom. The molecule has 1 unspecified atom stereocenters. The van der Waals surface area contributed by atoms with Crippen LogP contribution >= 0.6 is 7.92 Å². The second kappa shape index (κ2) is 11.8. The molecule has 0 N–H and O–H groups in total. The van der Waals surface area contributed by atoms with Crippen molar-refractivity contribution < 1.29 is 4.21 Å². The van der Waals surface area contributed by atoms with Crippen LogP contribution in [0.5, 0.6) is 0 Å². The van der Waals surface area contributed by atoms with Crippen molar-refractivity contribution in [1.29, 1.82) is 0 Å². The lowest BCUT2D eigenvalue weighted by atomic mass is 9.98. The van der Waals surface area contributed by atoms with E-state index in [0.717, 1.165) is 11.3 Å². The van der Waals surface area contributed by atoms with Crippen LogP contribution in [0.1, 0.15) is 102 Å². The fraction of sp³-hybridized carbons (Fsp3) is 0.600. The highest BCUT2D eigenvalue weighted by atomic mass is 32.2. The third-order valence-corrected chi connectivity index (χ3v) is 13.1. The second-order valence-electron chi connectivity index (χ2n) is 11.3. The summed E-state index contributed by atoms with van der Waals surface area (Å²) in [6.07, 6.45) is 14.0. The third-order valence-electron chi connectivity index (χ3n) is 7.71. The molecule has 2 atom stereocenters. The van der Waals surface area contributed by atoms with E-state index >= 15 is 0 Å². The standard InChI is InChI=1S/C30H44NOPS/c1-30(2,3)34(32)31(4)29(24-16-8-5-9-17-24)27-22-14-15-23-28(27)33(25-18-10-6-11-19-25)26-20-12-7-13-21-26/h5,8-9,14-17,22-23,25-26,29H,6-7,10-13,18-21H2,1-4H3/t29-,34?/m0/s1. The monoisotopic (exact) mass is 497 g/mol. The van der Waals surface area contributed by atoms with Gasteiger partial charge in [-0.25, -0.2) is 8.51 Å². The Bertz CT molecular complexity index is 910. The van der Waals surface area contributed by atoms with Crippen molar-refractivity contribution >= 4 is 24.2 Å². The minimum Gasteiger partial charge on any atom is -0.242 e. The zero-order valence-corrected chi connectivity index (χ0v) is 23.4. The molecule has 0 bridgehead atoms. The van der Waals surface area contributed by atoms with Crippen molar-refractivity contribution in [1.82, 2.24) is 4.31 Å². The predicted octanol–water partition coefficient (Wildman–Crippen LogP) is 7.94. The fourth-order valence-electron chi connectivity index (χ4n) is 6.11. The number of hydrogen-bond donors (Lipinski definition) is 0. The van der Waals surface area contributed by atoms with E-state index < -0.39 is 11.0 Å². The molecule has 186 valence electrons. The van der Waals surface area contributed by atoms with E-state index in [4.69, 9.17) is 0 Å². The Hall–Kier alpha value is -1.02. The van der Waals surface area contributed by atoms with Crippen LogP contribution < -0.4 is 5.30 Å². The maximum absolute atomic E-state index is 13.7. The van der Waals surface area contributed by atoms with Gasteiger partial charge in [-0.1, -0.05) is 101 Å². The van der Waals surface area contributed by atoms with E-state index in [0.29, 0.717) is 0 Å². The van der Waals surface area contributed by atoms with Crippen LogP contribution in [0.3, 0.4) is 0 Å². The summed E-state index contributed by atoms with van der Waals surface area (Å²) in [4.78, 5) is 0. The van der Waals surface area contributed by atoms with E-state index in [1.165, 1.54) is 75.3 Å². The van der Waals surface area contributed by atoms with Gasteiger partial charge in [-0.2, -0.15) is 0 Å². The largest absolute Gasteiger partial charge is 0.242 e. The molecule has 0 heterocycles. The summed E-state index contributed by atoms with van der Waals surface area (Å²) in [5.41, 5.74) is 4.35. The average Bonchev–Trinajstić information content (AvgIpc) is 2.86. The number of nitrogens with zero attached hydrogens (tertiary/aromatic N) is 1. The van der Waals surface area contributed by atoms with Crippen LogP contribution in [-0.4, -0.2) is 31.6 Å². The summed E-state index contributed by atoms with van der Waals surface area (Å²) in [5, 5.41) is 1.60. The van der Waals surface area contributed by atoms with Gasteiger partial charge in [0.1, 0.15) is 11.0 Å². The highest BCUT2D eigenvalue weighted by Crippen LogP contribution is 2.56. The Labute approximate surface area is 212 Å². The highest BCUT2D eigenvalue weighted by molar-refractivity contribution is 7.84. The maximum Gasteiger partial charge on any atom is 0.100 e. The lowest BCUT2D eigenvalue weighted by molar-refractivity contribution is 0.441. The van der Waals surface area contributed by atoms with Gasteiger partial charge < -0.3 is 0 Å². The summed E-state index contributed by atoms with van der Waals surface area (Å²) < 4.78 is 15.5. The van der Waals surface area contributed by atoms with Gasteiger partial charge >= 0.3 is 0 Å². The van der Waals surface area contributed by atoms with Crippen LogP contribution in [0, 0.1) is 0 Å². The van der Waals surface area contributed by atoms with E-state index in [1.807, 2.05) is 0 Å². The van der Waals surface area contributed by atoms with Gasteiger partial charge in [-0.15, -0.1) is 0 Å². The molecule has 0 saturated heterocycles. The van der Waals surface area contributed by atoms with Crippen LogP contribution in [0.4, 0.5) is 0 Å². The van der Waals surface area contributed by atoms with Gasteiger partial charge in [-0.3, -0.25) is 0 Å². The molecule has 2 nitrogen and oxygen atoms in total. The van der Waals surface area contributed by atoms with Gasteiger partial charge in [0.2, 0.25) is 0 Å². The van der Waals surface area contributed by atoms with Crippen molar-refractivity contribution in [3.05, 3.63) is 65.7 Å². The Kier molecular flexibility index (Phi) is 9.05. The normalized spacial score (nSPS) is 20.5. The van der Waals surface area contributed by atoms with E-state index in [-0.39, 0.29) is 18.7 Å². The molecule has 2 aliphatic rings. The van der Waals surface area contributed by atoms with Gasteiger partial charge in [0, 0.05) is 7.05 Å². The first-order valence-corrected chi connectivity index (χ1v) is 16.0. The molecule has 2 aromatic rings. The summed E-state index contributed by atoms with van der Waals surface area (Å²) >= 11 is 0. The summed E-state index contributed by atoms with van der Waals surface area (Å²) in [5.74, 6) is 0. The summed E-state index contributed by atoms with van der Waals surface area (Å²) in [6.45, 7) is 6.26. The van der Waals surface area contributed by atoms with Crippen molar-refractivity contribution in [3.8, 4) is 0 Å². The fourth-order valence-corrected chi connectivity index (χ4v) is 11.4. The van der Waals surface area contributed by atoms with Crippen LogP contribution in [0.15, 0.2) is 54.6 Å². The van der Waals surface area contributed by atoms with Crippen molar-refractivity contribution in [2.24, 2.45) is 0 Å². The molecule has 4 rings (SSSR count).